The summed E-state index contributed by atoms with van der Waals surface area (Å²) in [5.74, 6) is 0. The molecule has 1 aromatic rings. The van der Waals surface area contributed by atoms with Crippen molar-refractivity contribution in [3.63, 3.8) is 0 Å². The number of rotatable bonds is 0. The molecule has 0 saturated carbocycles. The van der Waals surface area contributed by atoms with Crippen molar-refractivity contribution >= 4 is 0 Å². The Morgan fingerprint density at radius 3 is 1.71 bits per heavy atom. The van der Waals surface area contributed by atoms with Crippen molar-refractivity contribution in [1.82, 2.24) is 15.4 Å². The molecule has 32 valence electrons. The van der Waals surface area contributed by atoms with Gasteiger partial charge in [-0.3, -0.25) is 0 Å². The first-order valence-corrected chi connectivity index (χ1v) is 1.58. The molecule has 0 amide bonds. The van der Waals surface area contributed by atoms with Crippen LogP contribution in [-0.2, 0) is 19.5 Å². The van der Waals surface area contributed by atoms with Gasteiger partial charge in [0.1, 0.15) is 0 Å². The molecule has 0 bridgehead atoms. The van der Waals surface area contributed by atoms with Crippen LogP contribution < -0.4 is 0 Å². The maximum Gasteiger partial charge on any atom is 0.0529 e. The van der Waals surface area contributed by atoms with Crippen molar-refractivity contribution in [3.05, 3.63) is 18.5 Å². The number of nitrogens with zero attached hydrogens (tertiary/aromatic N) is 3. The van der Waals surface area contributed by atoms with Crippen LogP contribution in [0, 0.1) is 0 Å². The van der Waals surface area contributed by atoms with Crippen LogP contribution in [0.5, 0.6) is 0 Å². The van der Waals surface area contributed by atoms with Crippen LogP contribution in [0.15, 0.2) is 18.5 Å². The number of hydrogen-bond donors (Lipinski definition) is 0. The average molecular weight is 146 g/mol. The Labute approximate surface area is 53.9 Å². The van der Waals surface area contributed by atoms with Crippen LogP contribution in [0.2, 0.25) is 0 Å². The smallest absolute Gasteiger partial charge is 0.0529 e. The number of aromatic nitrogens is 3. The van der Waals surface area contributed by atoms with Gasteiger partial charge in [-0.05, 0) is 11.3 Å². The van der Waals surface area contributed by atoms with E-state index in [0.717, 1.165) is 0 Å². The molecule has 0 radical (unpaired) electrons. The topological polar surface area (TPSA) is 38.7 Å². The van der Waals surface area contributed by atoms with Gasteiger partial charge in [-0.1, -0.05) is 0 Å². The zero-order chi connectivity index (χ0) is 4.24. The molecular weight excluding hydrogens is 143 g/mol. The quantitative estimate of drug-likeness (QED) is 0.479. The van der Waals surface area contributed by atoms with Crippen LogP contribution >= 0.6 is 0 Å². The minimum absolute atomic E-state index is 0. The van der Waals surface area contributed by atoms with Gasteiger partial charge in [0, 0.05) is 19.5 Å². The van der Waals surface area contributed by atoms with E-state index in [1.807, 2.05) is 0 Å². The summed E-state index contributed by atoms with van der Waals surface area (Å²) in [6.45, 7) is 0. The Morgan fingerprint density at radius 1 is 1.00 bits per heavy atom. The molecule has 0 atom stereocenters. The fourth-order valence-electron chi connectivity index (χ4n) is 0.205. The van der Waals surface area contributed by atoms with Crippen molar-refractivity contribution in [2.45, 2.75) is 0 Å². The Hall–Kier alpha value is -0.367. The summed E-state index contributed by atoms with van der Waals surface area (Å²) in [5.41, 5.74) is 0. The summed E-state index contributed by atoms with van der Waals surface area (Å²) in [6.07, 6.45) is 3.15. The fraction of sp³-hybridized carbons (Fsp3) is 0. The van der Waals surface area contributed by atoms with E-state index in [0.29, 0.717) is 0 Å². The fourth-order valence-corrected chi connectivity index (χ4v) is 0.205. The van der Waals surface area contributed by atoms with Gasteiger partial charge in [0.15, 0.2) is 0 Å². The zero-order valence-corrected chi connectivity index (χ0v) is 6.75. The molecule has 0 aliphatic heterocycles. The van der Waals surface area contributed by atoms with E-state index in [1.165, 1.54) is 0 Å². The van der Waals surface area contributed by atoms with Crippen LogP contribution in [0.4, 0.5) is 0 Å². The van der Waals surface area contributed by atoms with Gasteiger partial charge in [0.25, 0.3) is 0 Å². The first kappa shape index (κ1) is 6.63. The third kappa shape index (κ3) is 2.34. The van der Waals surface area contributed by atoms with Gasteiger partial charge in [0.2, 0.25) is 0 Å². The second-order valence-electron chi connectivity index (χ2n) is 0.811. The van der Waals surface area contributed by atoms with Crippen LogP contribution in [0.1, 0.15) is 0 Å². The summed E-state index contributed by atoms with van der Waals surface area (Å²) in [6, 6.07) is 1.72. The normalized spacial score (nSPS) is 6.86. The summed E-state index contributed by atoms with van der Waals surface area (Å²) in [5, 5.41) is 10.1. The molecule has 3 nitrogen and oxygen atoms in total. The molecule has 0 aliphatic rings. The minimum Gasteiger partial charge on any atom is -0.139 e. The van der Waals surface area contributed by atoms with Crippen molar-refractivity contribution < 1.29 is 19.5 Å². The van der Waals surface area contributed by atoms with E-state index in [4.69, 9.17) is 0 Å². The first-order chi connectivity index (χ1) is 3.00. The van der Waals surface area contributed by atoms with Gasteiger partial charge in [0.05, 0.1) is 12.4 Å². The maximum atomic E-state index is 3.42. The second kappa shape index (κ2) is 3.81. The third-order valence-electron chi connectivity index (χ3n) is 0.409. The Balaban J connectivity index is 0.000000360. The van der Waals surface area contributed by atoms with Gasteiger partial charge < -0.3 is 0 Å². The molecule has 0 unspecified atom stereocenters. The molecule has 1 heterocycles. The summed E-state index contributed by atoms with van der Waals surface area (Å²) in [4.78, 5) is 0. The van der Waals surface area contributed by atoms with Crippen molar-refractivity contribution in [2.24, 2.45) is 0 Å². The molecular formula is C3H3N3Zn. The Kier molecular flexibility index (Phi) is 3.61. The molecule has 0 saturated heterocycles. The second-order valence-corrected chi connectivity index (χ2v) is 0.811. The molecule has 1 aromatic heterocycles. The van der Waals surface area contributed by atoms with E-state index in [-0.39, 0.29) is 19.5 Å². The molecule has 0 N–H and O–H groups in total. The van der Waals surface area contributed by atoms with Gasteiger partial charge in [-0.25, -0.2) is 0 Å². The van der Waals surface area contributed by atoms with Gasteiger partial charge in [-0.15, -0.1) is 10.2 Å². The summed E-state index contributed by atoms with van der Waals surface area (Å²) in [7, 11) is 0. The predicted molar refractivity (Wildman–Crippen MR) is 19.8 cm³/mol. The third-order valence-corrected chi connectivity index (χ3v) is 0.409. The largest absolute Gasteiger partial charge is 0.139 e. The summed E-state index contributed by atoms with van der Waals surface area (Å²) >= 11 is 0. The predicted octanol–water partition coefficient (Wildman–Crippen LogP) is -0.131. The maximum absolute atomic E-state index is 3.42. The van der Waals surface area contributed by atoms with Crippen molar-refractivity contribution in [1.29, 1.82) is 0 Å². The molecule has 7 heavy (non-hydrogen) atoms. The van der Waals surface area contributed by atoms with Crippen LogP contribution in [0.3, 0.4) is 0 Å². The SMILES string of the molecule is [Zn].c1cnnnc1. The zero-order valence-electron chi connectivity index (χ0n) is 3.78. The van der Waals surface area contributed by atoms with Gasteiger partial charge in [-0.2, -0.15) is 0 Å². The molecule has 0 spiro atoms. The molecule has 4 heteroatoms. The van der Waals surface area contributed by atoms with E-state index in [2.05, 4.69) is 15.4 Å². The minimum atomic E-state index is 0. The monoisotopic (exact) mass is 145 g/mol. The van der Waals surface area contributed by atoms with E-state index >= 15 is 0 Å². The Morgan fingerprint density at radius 2 is 1.57 bits per heavy atom. The molecule has 0 fully saturated rings. The number of hydrogen-bond acceptors (Lipinski definition) is 3. The van der Waals surface area contributed by atoms with Crippen LogP contribution in [0.25, 0.3) is 0 Å². The first-order valence-electron chi connectivity index (χ1n) is 1.58. The Bertz CT molecular complexity index is 82.1. The molecule has 0 aliphatic carbocycles. The van der Waals surface area contributed by atoms with Gasteiger partial charge >= 0.3 is 0 Å². The van der Waals surface area contributed by atoms with Crippen LogP contribution in [-0.4, -0.2) is 15.4 Å². The average Bonchev–Trinajstić information content (AvgIpc) is 1.72. The molecule has 1 rings (SSSR count). The van der Waals surface area contributed by atoms with E-state index in [9.17, 15) is 0 Å². The summed E-state index contributed by atoms with van der Waals surface area (Å²) < 4.78 is 0. The van der Waals surface area contributed by atoms with E-state index in [1.54, 1.807) is 18.5 Å². The standard InChI is InChI=1S/C3H3N3.Zn/c1-2-4-6-5-3-1;/h1-3H;. The van der Waals surface area contributed by atoms with Crippen molar-refractivity contribution in [3.8, 4) is 0 Å². The van der Waals surface area contributed by atoms with E-state index < -0.39 is 0 Å². The van der Waals surface area contributed by atoms with Crippen molar-refractivity contribution in [2.75, 3.05) is 0 Å². The molecule has 0 aromatic carbocycles.